The smallest absolute Gasteiger partial charge is 0.106 e. The maximum absolute atomic E-state index is 10.4. The van der Waals surface area contributed by atoms with Crippen LogP contribution >= 0.6 is 15.9 Å². The Morgan fingerprint density at radius 1 is 1.86 bits per heavy atom. The number of rotatable bonds is 0. The molecule has 1 atom stereocenters. The van der Waals surface area contributed by atoms with Gasteiger partial charge in [-0.1, -0.05) is 0 Å². The number of hydrogen-bond acceptors (Lipinski definition) is 2. The Morgan fingerprint density at radius 2 is 2.57 bits per heavy atom. The molecule has 7 heavy (non-hydrogen) atoms. The molecule has 1 heterocycles. The quantitative estimate of drug-likeness (QED) is 0.546. The highest BCUT2D eigenvalue weighted by atomic mass is 79.9. The monoisotopic (exact) mass is 179 g/mol. The first-order valence-corrected chi connectivity index (χ1v) is 3.61. The normalized spacial score (nSPS) is 28.1. The Hall–Kier alpha value is 0.0400. The summed E-state index contributed by atoms with van der Waals surface area (Å²) < 4.78 is 11.1. The Labute approximate surface area is 51.9 Å². The summed E-state index contributed by atoms with van der Waals surface area (Å²) in [4.78, 5) is 3.61. The van der Waals surface area contributed by atoms with Crippen molar-refractivity contribution in [2.24, 2.45) is 4.99 Å². The lowest BCUT2D eigenvalue weighted by Crippen LogP contribution is -1.80. The van der Waals surface area contributed by atoms with Crippen molar-refractivity contribution in [3.05, 3.63) is 10.0 Å². The third-order valence-corrected chi connectivity index (χ3v) is 2.49. The molecular weight excluding hydrogens is 178 g/mol. The summed E-state index contributed by atoms with van der Waals surface area (Å²) in [5.41, 5.74) is 1.38. The standard InChI is InChI=1S/C3H2BrNOS/c4-3-1-5-2-7(3)6/h1-2H. The highest BCUT2D eigenvalue weighted by molar-refractivity contribution is 9.13. The molecule has 2 nitrogen and oxygen atoms in total. The zero-order valence-electron chi connectivity index (χ0n) is 3.30. The first-order valence-electron chi connectivity index (χ1n) is 1.60. The van der Waals surface area contributed by atoms with E-state index in [2.05, 4.69) is 20.9 Å². The lowest BCUT2D eigenvalue weighted by molar-refractivity contribution is 0.695. The minimum atomic E-state index is -0.981. The molecule has 0 amide bonds. The zero-order chi connectivity index (χ0) is 5.28. The average Bonchev–Trinajstić information content (AvgIpc) is 1.91. The highest BCUT2D eigenvalue weighted by Crippen LogP contribution is 2.13. The Morgan fingerprint density at radius 3 is 2.71 bits per heavy atom. The third-order valence-electron chi connectivity index (χ3n) is 0.525. The molecule has 0 saturated carbocycles. The molecule has 1 aliphatic heterocycles. The van der Waals surface area contributed by atoms with Gasteiger partial charge in [0.1, 0.15) is 14.6 Å². The summed E-state index contributed by atoms with van der Waals surface area (Å²) in [6.07, 6.45) is 1.52. The number of halogens is 1. The van der Waals surface area contributed by atoms with Crippen LogP contribution in [0.4, 0.5) is 0 Å². The maximum Gasteiger partial charge on any atom is 0.106 e. The van der Waals surface area contributed by atoms with E-state index in [1.165, 1.54) is 11.7 Å². The minimum absolute atomic E-state index is 0.646. The molecule has 0 aliphatic carbocycles. The molecule has 0 saturated heterocycles. The zero-order valence-corrected chi connectivity index (χ0v) is 5.70. The second kappa shape index (κ2) is 1.88. The van der Waals surface area contributed by atoms with Gasteiger partial charge in [0.2, 0.25) is 0 Å². The van der Waals surface area contributed by atoms with Crippen LogP contribution < -0.4 is 0 Å². The van der Waals surface area contributed by atoms with Gasteiger partial charge in [-0.25, -0.2) is 4.21 Å². The van der Waals surface area contributed by atoms with Gasteiger partial charge in [-0.05, 0) is 15.9 Å². The number of aliphatic imine (C=N–C) groups is 1. The average molecular weight is 180 g/mol. The van der Waals surface area contributed by atoms with Crippen LogP contribution in [0.3, 0.4) is 0 Å². The predicted octanol–water partition coefficient (Wildman–Crippen LogP) is 0.971. The van der Waals surface area contributed by atoms with Crippen molar-refractivity contribution in [2.45, 2.75) is 0 Å². The molecule has 0 bridgehead atoms. The van der Waals surface area contributed by atoms with Gasteiger partial charge in [-0.3, -0.25) is 4.99 Å². The van der Waals surface area contributed by atoms with Crippen LogP contribution in [0.15, 0.2) is 15.0 Å². The van der Waals surface area contributed by atoms with E-state index < -0.39 is 10.8 Å². The van der Waals surface area contributed by atoms with Crippen LogP contribution in [0, 0.1) is 0 Å². The van der Waals surface area contributed by atoms with Gasteiger partial charge in [-0.15, -0.1) is 0 Å². The number of hydrogen-bond donors (Lipinski definition) is 0. The molecule has 1 aliphatic rings. The van der Waals surface area contributed by atoms with Crippen LogP contribution in [0.2, 0.25) is 0 Å². The van der Waals surface area contributed by atoms with Gasteiger partial charge in [-0.2, -0.15) is 0 Å². The summed E-state index contributed by atoms with van der Waals surface area (Å²) in [6.45, 7) is 0. The van der Waals surface area contributed by atoms with Crippen LogP contribution in [0.1, 0.15) is 0 Å². The molecular formula is C3H2BrNOS. The van der Waals surface area contributed by atoms with E-state index in [1.807, 2.05) is 0 Å². The van der Waals surface area contributed by atoms with E-state index in [0.717, 1.165) is 0 Å². The van der Waals surface area contributed by atoms with Gasteiger partial charge in [0.15, 0.2) is 0 Å². The topological polar surface area (TPSA) is 29.4 Å². The second-order valence-electron chi connectivity index (χ2n) is 0.985. The Balaban J connectivity index is 2.89. The predicted molar refractivity (Wildman–Crippen MR) is 33.6 cm³/mol. The van der Waals surface area contributed by atoms with Gasteiger partial charge >= 0.3 is 0 Å². The van der Waals surface area contributed by atoms with E-state index in [0.29, 0.717) is 3.81 Å². The summed E-state index contributed by atoms with van der Waals surface area (Å²) in [5.74, 6) is 0. The van der Waals surface area contributed by atoms with Crippen LogP contribution in [0.25, 0.3) is 0 Å². The van der Waals surface area contributed by atoms with Crippen LogP contribution in [-0.2, 0) is 10.8 Å². The molecule has 0 radical (unpaired) electrons. The molecule has 0 aromatic heterocycles. The Bertz CT molecular complexity index is 162. The largest absolute Gasteiger partial charge is 0.253 e. The van der Waals surface area contributed by atoms with Crippen molar-refractivity contribution in [1.29, 1.82) is 0 Å². The molecule has 0 fully saturated rings. The third kappa shape index (κ3) is 0.978. The lowest BCUT2D eigenvalue weighted by atomic mass is 11.1. The fourth-order valence-corrected chi connectivity index (χ4v) is 1.05. The lowest BCUT2D eigenvalue weighted by Gasteiger charge is -1.76. The van der Waals surface area contributed by atoms with Crippen LogP contribution in [-0.4, -0.2) is 9.76 Å². The summed E-state index contributed by atoms with van der Waals surface area (Å²) >= 11 is 3.04. The number of nitrogens with zero attached hydrogens (tertiary/aromatic N) is 1. The highest BCUT2D eigenvalue weighted by Gasteiger charge is 2.02. The molecule has 4 heteroatoms. The van der Waals surface area contributed by atoms with Gasteiger partial charge < -0.3 is 0 Å². The van der Waals surface area contributed by atoms with E-state index in [1.54, 1.807) is 0 Å². The van der Waals surface area contributed by atoms with Gasteiger partial charge in [0.05, 0.1) is 11.7 Å². The molecule has 1 rings (SSSR count). The maximum atomic E-state index is 10.4. The summed E-state index contributed by atoms with van der Waals surface area (Å²) in [7, 11) is -0.981. The van der Waals surface area contributed by atoms with Crippen molar-refractivity contribution in [1.82, 2.24) is 0 Å². The van der Waals surface area contributed by atoms with E-state index in [9.17, 15) is 4.21 Å². The van der Waals surface area contributed by atoms with E-state index >= 15 is 0 Å². The SMILES string of the molecule is O=S1C=NC=C1Br. The van der Waals surface area contributed by atoms with E-state index in [4.69, 9.17) is 0 Å². The minimum Gasteiger partial charge on any atom is -0.253 e. The first-order chi connectivity index (χ1) is 3.30. The van der Waals surface area contributed by atoms with Crippen molar-refractivity contribution < 1.29 is 4.21 Å². The fourth-order valence-electron chi connectivity index (χ4n) is 0.247. The summed E-state index contributed by atoms with van der Waals surface area (Å²) in [5, 5.41) is 0. The second-order valence-corrected chi connectivity index (χ2v) is 3.61. The van der Waals surface area contributed by atoms with Crippen molar-refractivity contribution in [2.75, 3.05) is 0 Å². The molecule has 0 N–H and O–H groups in total. The molecule has 1 unspecified atom stereocenters. The fraction of sp³-hybridized carbons (Fsp3) is 0. The first kappa shape index (κ1) is 5.18. The van der Waals surface area contributed by atoms with Gasteiger partial charge in [0, 0.05) is 0 Å². The van der Waals surface area contributed by atoms with Crippen molar-refractivity contribution >= 4 is 32.3 Å². The molecule has 38 valence electrons. The molecule has 0 aromatic rings. The van der Waals surface area contributed by atoms with E-state index in [-0.39, 0.29) is 0 Å². The van der Waals surface area contributed by atoms with Crippen molar-refractivity contribution in [3.63, 3.8) is 0 Å². The Kier molecular flexibility index (Phi) is 1.39. The molecule has 0 aromatic carbocycles. The van der Waals surface area contributed by atoms with Crippen molar-refractivity contribution in [3.8, 4) is 0 Å². The van der Waals surface area contributed by atoms with Crippen LogP contribution in [0.5, 0.6) is 0 Å². The molecule has 0 spiro atoms. The van der Waals surface area contributed by atoms with Gasteiger partial charge in [0.25, 0.3) is 0 Å². The summed E-state index contributed by atoms with van der Waals surface area (Å²) in [6, 6.07) is 0.